The molecule has 0 spiro atoms. The molecule has 1 amide bonds. The molecule has 98 valence electrons. The number of hydrogen-bond acceptors (Lipinski definition) is 5. The number of phenols is 3. The number of benzene rings is 1. The van der Waals surface area contributed by atoms with Crippen LogP contribution < -0.4 is 10.6 Å². The molecule has 1 unspecified atom stereocenters. The zero-order valence-corrected chi connectivity index (χ0v) is 9.81. The maximum Gasteiger partial charge on any atom is 0.251 e. The number of rotatable bonds is 2. The van der Waals surface area contributed by atoms with E-state index in [1.807, 2.05) is 0 Å². The number of phenolic OH excluding ortho intramolecular Hbond substituents is 3. The second-order valence-corrected chi connectivity index (χ2v) is 4.38. The monoisotopic (exact) mass is 252 g/mol. The Morgan fingerprint density at radius 1 is 1.28 bits per heavy atom. The molecule has 1 atom stereocenters. The first-order valence-corrected chi connectivity index (χ1v) is 5.84. The van der Waals surface area contributed by atoms with E-state index in [9.17, 15) is 20.1 Å². The van der Waals surface area contributed by atoms with Gasteiger partial charge in [-0.1, -0.05) is 0 Å². The molecule has 1 saturated heterocycles. The van der Waals surface area contributed by atoms with E-state index >= 15 is 0 Å². The van der Waals surface area contributed by atoms with Crippen molar-refractivity contribution in [1.29, 1.82) is 0 Å². The number of piperidine rings is 1. The Balaban J connectivity index is 2.08. The van der Waals surface area contributed by atoms with E-state index in [1.165, 1.54) is 0 Å². The molecule has 0 bridgehead atoms. The van der Waals surface area contributed by atoms with Crippen molar-refractivity contribution in [2.24, 2.45) is 0 Å². The van der Waals surface area contributed by atoms with E-state index in [4.69, 9.17) is 0 Å². The highest BCUT2D eigenvalue weighted by molar-refractivity contribution is 5.95. The molecule has 6 nitrogen and oxygen atoms in total. The van der Waals surface area contributed by atoms with Crippen molar-refractivity contribution >= 4 is 5.91 Å². The number of carbonyl (C=O) groups is 1. The van der Waals surface area contributed by atoms with Crippen LogP contribution in [-0.4, -0.2) is 40.4 Å². The van der Waals surface area contributed by atoms with Crippen LogP contribution in [0.25, 0.3) is 0 Å². The molecule has 0 aliphatic carbocycles. The van der Waals surface area contributed by atoms with Crippen molar-refractivity contribution in [3.8, 4) is 17.2 Å². The van der Waals surface area contributed by atoms with E-state index < -0.39 is 17.2 Å². The molecule has 0 aromatic heterocycles. The zero-order chi connectivity index (χ0) is 13.1. The van der Waals surface area contributed by atoms with E-state index in [2.05, 4.69) is 10.6 Å². The van der Waals surface area contributed by atoms with E-state index in [0.29, 0.717) is 6.54 Å². The summed E-state index contributed by atoms with van der Waals surface area (Å²) in [7, 11) is 0. The fraction of sp³-hybridized carbons (Fsp3) is 0.417. The van der Waals surface area contributed by atoms with Gasteiger partial charge in [0, 0.05) is 18.2 Å². The second-order valence-electron chi connectivity index (χ2n) is 4.38. The minimum Gasteiger partial charge on any atom is -0.504 e. The molecule has 1 aliphatic rings. The van der Waals surface area contributed by atoms with E-state index in [0.717, 1.165) is 31.5 Å². The van der Waals surface area contributed by atoms with Crippen molar-refractivity contribution in [3.05, 3.63) is 17.7 Å². The molecule has 18 heavy (non-hydrogen) atoms. The summed E-state index contributed by atoms with van der Waals surface area (Å²) in [6.45, 7) is 1.66. The van der Waals surface area contributed by atoms with Crippen molar-refractivity contribution in [2.45, 2.75) is 18.9 Å². The third kappa shape index (κ3) is 2.65. The summed E-state index contributed by atoms with van der Waals surface area (Å²) < 4.78 is 0. The summed E-state index contributed by atoms with van der Waals surface area (Å²) in [5.41, 5.74) is 0.119. The molecular weight excluding hydrogens is 236 g/mol. The van der Waals surface area contributed by atoms with Gasteiger partial charge < -0.3 is 26.0 Å². The number of aromatic hydroxyl groups is 3. The number of hydrogen-bond donors (Lipinski definition) is 5. The van der Waals surface area contributed by atoms with E-state index in [-0.39, 0.29) is 17.5 Å². The quantitative estimate of drug-likeness (QED) is 0.487. The molecule has 1 fully saturated rings. The maximum absolute atomic E-state index is 11.9. The fourth-order valence-electron chi connectivity index (χ4n) is 1.98. The predicted molar refractivity (Wildman–Crippen MR) is 64.8 cm³/mol. The van der Waals surface area contributed by atoms with Crippen LogP contribution in [0.4, 0.5) is 0 Å². The van der Waals surface area contributed by atoms with Gasteiger partial charge in [-0.05, 0) is 31.5 Å². The Morgan fingerprint density at radius 2 is 1.94 bits per heavy atom. The maximum atomic E-state index is 11.9. The molecule has 1 aromatic rings. The number of nitrogens with one attached hydrogen (secondary N) is 2. The Hall–Kier alpha value is -1.95. The lowest BCUT2D eigenvalue weighted by molar-refractivity contribution is 0.0930. The molecule has 5 N–H and O–H groups in total. The van der Waals surface area contributed by atoms with Crippen LogP contribution in [0.3, 0.4) is 0 Å². The Bertz CT molecular complexity index is 432. The summed E-state index contributed by atoms with van der Waals surface area (Å²) in [6.07, 6.45) is 1.89. The van der Waals surface area contributed by atoms with Gasteiger partial charge in [0.25, 0.3) is 5.91 Å². The second kappa shape index (κ2) is 5.14. The normalized spacial score (nSPS) is 19.4. The highest BCUT2D eigenvalue weighted by Gasteiger charge is 2.18. The fourth-order valence-corrected chi connectivity index (χ4v) is 1.98. The average Bonchev–Trinajstić information content (AvgIpc) is 2.36. The lowest BCUT2D eigenvalue weighted by Crippen LogP contribution is -2.45. The highest BCUT2D eigenvalue weighted by Crippen LogP contribution is 2.35. The Kier molecular flexibility index (Phi) is 3.57. The van der Waals surface area contributed by atoms with Gasteiger partial charge in [0.15, 0.2) is 17.2 Å². The first kappa shape index (κ1) is 12.5. The molecule has 1 heterocycles. The van der Waals surface area contributed by atoms with Crippen LogP contribution in [-0.2, 0) is 0 Å². The van der Waals surface area contributed by atoms with Crippen LogP contribution >= 0.6 is 0 Å². The summed E-state index contributed by atoms with van der Waals surface area (Å²) in [6, 6.07) is 2.30. The van der Waals surface area contributed by atoms with Gasteiger partial charge in [0.05, 0.1) is 0 Å². The van der Waals surface area contributed by atoms with Crippen LogP contribution in [0.15, 0.2) is 12.1 Å². The lowest BCUT2D eigenvalue weighted by atomic mass is 10.1. The summed E-state index contributed by atoms with van der Waals surface area (Å²) >= 11 is 0. The third-order valence-electron chi connectivity index (χ3n) is 2.96. The number of amides is 1. The van der Waals surface area contributed by atoms with Crippen LogP contribution in [0.2, 0.25) is 0 Å². The number of carbonyl (C=O) groups excluding carboxylic acids is 1. The van der Waals surface area contributed by atoms with Crippen molar-refractivity contribution in [3.63, 3.8) is 0 Å². The molecule has 1 aromatic carbocycles. The molecule has 1 aliphatic heterocycles. The highest BCUT2D eigenvalue weighted by atomic mass is 16.3. The average molecular weight is 252 g/mol. The Labute approximate surface area is 104 Å². The van der Waals surface area contributed by atoms with Crippen molar-refractivity contribution in [2.75, 3.05) is 13.1 Å². The smallest absolute Gasteiger partial charge is 0.251 e. The largest absolute Gasteiger partial charge is 0.504 e. The van der Waals surface area contributed by atoms with Gasteiger partial charge in [-0.2, -0.15) is 0 Å². The SMILES string of the molecule is O=C(NC1CCCNC1)c1cc(O)c(O)c(O)c1. The van der Waals surface area contributed by atoms with Crippen LogP contribution in [0.1, 0.15) is 23.2 Å². The standard InChI is InChI=1S/C12H16N2O4/c15-9-4-7(5-10(16)11(9)17)12(18)14-8-2-1-3-13-6-8/h4-5,8,13,15-17H,1-3,6H2,(H,14,18). The topological polar surface area (TPSA) is 102 Å². The van der Waals surface area contributed by atoms with Crippen molar-refractivity contribution in [1.82, 2.24) is 10.6 Å². The van der Waals surface area contributed by atoms with Gasteiger partial charge in [-0.3, -0.25) is 4.79 Å². The molecular formula is C12H16N2O4. The Morgan fingerprint density at radius 3 is 2.50 bits per heavy atom. The summed E-state index contributed by atoms with van der Waals surface area (Å²) in [5.74, 6) is -2.02. The van der Waals surface area contributed by atoms with Crippen LogP contribution in [0.5, 0.6) is 17.2 Å². The van der Waals surface area contributed by atoms with Gasteiger partial charge in [-0.15, -0.1) is 0 Å². The molecule has 2 rings (SSSR count). The molecule has 6 heteroatoms. The predicted octanol–water partition coefficient (Wildman–Crippen LogP) is 0.285. The summed E-state index contributed by atoms with van der Waals surface area (Å²) in [4.78, 5) is 11.9. The first-order valence-electron chi connectivity index (χ1n) is 5.84. The van der Waals surface area contributed by atoms with E-state index in [1.54, 1.807) is 0 Å². The zero-order valence-electron chi connectivity index (χ0n) is 9.81. The minimum atomic E-state index is -0.620. The lowest BCUT2D eigenvalue weighted by Gasteiger charge is -2.23. The third-order valence-corrected chi connectivity index (χ3v) is 2.96. The van der Waals surface area contributed by atoms with Gasteiger partial charge in [0.1, 0.15) is 0 Å². The van der Waals surface area contributed by atoms with Gasteiger partial charge in [-0.25, -0.2) is 0 Å². The molecule has 0 radical (unpaired) electrons. The van der Waals surface area contributed by atoms with Crippen molar-refractivity contribution < 1.29 is 20.1 Å². The van der Waals surface area contributed by atoms with Gasteiger partial charge >= 0.3 is 0 Å². The van der Waals surface area contributed by atoms with Crippen LogP contribution in [0, 0.1) is 0 Å². The first-order chi connectivity index (χ1) is 8.58. The molecule has 0 saturated carbocycles. The summed E-state index contributed by atoms with van der Waals surface area (Å²) in [5, 5.41) is 33.8. The minimum absolute atomic E-state index is 0.0457. The van der Waals surface area contributed by atoms with Gasteiger partial charge in [0.2, 0.25) is 0 Å².